The van der Waals surface area contributed by atoms with Gasteiger partial charge in [-0.15, -0.1) is 23.2 Å². The second kappa shape index (κ2) is 43.4. The van der Waals surface area contributed by atoms with Crippen LogP contribution in [0.15, 0.2) is 121 Å². The number of halogens is 2. The average molecular weight is 1600 g/mol. The molecule has 11 N–H and O–H groups in total. The van der Waals surface area contributed by atoms with Crippen molar-refractivity contribution < 1.29 is 206 Å². The number of alkyl halides is 2. The van der Waals surface area contributed by atoms with Gasteiger partial charge in [0.2, 0.25) is 25.3 Å². The molecule has 0 unspecified atom stereocenters. The Bertz CT molecular complexity index is 3880. The third-order valence-corrected chi connectivity index (χ3v) is 26.0. The van der Waals surface area contributed by atoms with Crippen LogP contribution in [0.3, 0.4) is 0 Å². The summed E-state index contributed by atoms with van der Waals surface area (Å²) in [6.07, 6.45) is 0. The molecule has 6 aromatic rings. The number of aliphatic hydroxyl groups is 9. The summed E-state index contributed by atoms with van der Waals surface area (Å²) in [5.41, 5.74) is -0.345. The van der Waals surface area contributed by atoms with Gasteiger partial charge in [0.25, 0.3) is 10.1 Å². The summed E-state index contributed by atoms with van der Waals surface area (Å²) in [5.74, 6) is -2.02. The molecule has 6 rings (SSSR count). The maximum Gasteiger partial charge on any atom is 1.00 e. The first kappa shape index (κ1) is 97.2. The van der Waals surface area contributed by atoms with E-state index in [-0.39, 0.29) is 172 Å². The Morgan fingerprint density at radius 2 is 0.683 bits per heavy atom. The van der Waals surface area contributed by atoms with Crippen LogP contribution in [0, 0.1) is 41.5 Å². The first-order valence-electron chi connectivity index (χ1n) is 30.4. The van der Waals surface area contributed by atoms with Crippen molar-refractivity contribution in [3.8, 4) is 0 Å². The molecule has 0 radical (unpaired) electrons. The summed E-state index contributed by atoms with van der Waals surface area (Å²) in [6, 6.07) is 34.0. The van der Waals surface area contributed by atoms with Crippen LogP contribution in [0.5, 0.6) is 0 Å². The maximum absolute atomic E-state index is 15.4. The number of carbonyl (C=O) groups excluding carboxylic acids is 2. The van der Waals surface area contributed by atoms with Gasteiger partial charge >= 0.3 is 103 Å². The van der Waals surface area contributed by atoms with Crippen molar-refractivity contribution in [3.63, 3.8) is 0 Å². The molecular formula is C67H91Cl2K2N3O22P2S3. The Morgan fingerprint density at radius 1 is 0.436 bits per heavy atom. The van der Waals surface area contributed by atoms with Crippen molar-refractivity contribution in [1.82, 2.24) is 15.1 Å². The molecule has 0 aliphatic carbocycles. The zero-order chi connectivity index (χ0) is 73.8. The normalized spacial score (nSPS) is 12.3. The molecule has 0 atom stereocenters. The Kier molecular flexibility index (Phi) is 41.8. The summed E-state index contributed by atoms with van der Waals surface area (Å²) >= 11 is 12.4. The van der Waals surface area contributed by atoms with Gasteiger partial charge in [-0.2, -0.15) is 8.42 Å². The Balaban J connectivity index is 0.000000919. The maximum atomic E-state index is 15.4. The molecule has 0 fully saturated rings. The van der Waals surface area contributed by atoms with Crippen LogP contribution >= 0.6 is 37.5 Å². The predicted octanol–water partition coefficient (Wildman–Crippen LogP) is -3.04. The Labute approximate surface area is 688 Å². The third-order valence-electron chi connectivity index (χ3n) is 17.7. The molecule has 550 valence electrons. The number of nitrogens with one attached hydrogen (secondary N) is 1. The van der Waals surface area contributed by atoms with E-state index in [1.165, 1.54) is 23.6 Å². The summed E-state index contributed by atoms with van der Waals surface area (Å²) in [7, 11) is -21.6. The van der Waals surface area contributed by atoms with E-state index in [2.05, 4.69) is 5.32 Å². The van der Waals surface area contributed by atoms with E-state index in [0.717, 1.165) is 27.8 Å². The number of hydrogen-bond donors (Lipinski definition) is 11. The van der Waals surface area contributed by atoms with E-state index < -0.39 is 170 Å². The zero-order valence-electron chi connectivity index (χ0n) is 57.1. The van der Waals surface area contributed by atoms with Crippen LogP contribution in [0.2, 0.25) is 0 Å². The van der Waals surface area contributed by atoms with Crippen molar-refractivity contribution in [2.45, 2.75) is 90.4 Å². The van der Waals surface area contributed by atoms with Crippen LogP contribution in [0.4, 0.5) is 0 Å². The van der Waals surface area contributed by atoms with Crippen LogP contribution < -0.4 is 129 Å². The van der Waals surface area contributed by atoms with Crippen molar-refractivity contribution in [1.29, 1.82) is 0 Å². The smallest absolute Gasteiger partial charge is 0.748 e. The molecule has 25 nitrogen and oxygen atoms in total. The van der Waals surface area contributed by atoms with Gasteiger partial charge in [-0.05, 0) is 97.2 Å². The van der Waals surface area contributed by atoms with Crippen molar-refractivity contribution in [3.05, 3.63) is 188 Å². The summed E-state index contributed by atoms with van der Waals surface area (Å²) in [6.45, 7) is 1.18. The van der Waals surface area contributed by atoms with Gasteiger partial charge in [0.15, 0.2) is 0 Å². The minimum Gasteiger partial charge on any atom is -0.748 e. The molecule has 0 heterocycles. The van der Waals surface area contributed by atoms with E-state index in [0.29, 0.717) is 21.7 Å². The quantitative estimate of drug-likeness (QED) is 0.00815. The van der Waals surface area contributed by atoms with Crippen molar-refractivity contribution in [2.75, 3.05) is 96.4 Å². The summed E-state index contributed by atoms with van der Waals surface area (Å²) in [4.78, 5) is 31.5. The fraction of sp³-hybridized carbons (Fsp3) is 0.433. The molecular weight excluding hydrogens is 1510 g/mol. The number of aliphatic hydroxyl groups excluding tert-OH is 9. The van der Waals surface area contributed by atoms with Gasteiger partial charge in [0, 0.05) is 76.8 Å². The standard InChI is InChI=1S/C36H51N2O14PS2.C24H23Cl2O2P.C6H15NO6S.CH4.2K/c1-26-31(18-37(14-16-54(47,48)49)35(20-39,21-40)22-41)27(2)33(34(45)53(46,29-10-6-4-7-11-29)30-12-8-5-9-13-30)28(3)32(26)19-38(15-17-55(50,51)52)36(23-42,24-43)25-44;1-16-21(14-25)17(2)23(18(3)22(16)15-26)24(27)29(28,19-10-6-4-7-11-19)20-12-8-5-9-13-20;8-3-6(4-9,5-10)7-1-2-14(11,12)13;;;/h4-13,39-44H,14-25H2,1-3H3,(H,47,48,49)(H,50,51,52);4-13H,14-15H2,1-3H3;7-10H,1-5H2,(H,11,12,13);1H4;;/q;;;;2*+1/p-2. The Hall–Kier alpha value is -1.78. The molecule has 6 aromatic carbocycles. The van der Waals surface area contributed by atoms with Gasteiger partial charge in [0.05, 0.1) is 114 Å². The van der Waals surface area contributed by atoms with E-state index in [4.69, 9.17) is 43.1 Å². The second-order valence-electron chi connectivity index (χ2n) is 23.6. The zero-order valence-corrected chi connectivity index (χ0v) is 69.1. The minimum atomic E-state index is -4.87. The predicted molar refractivity (Wildman–Crippen MR) is 382 cm³/mol. The molecule has 0 saturated heterocycles. The minimum absolute atomic E-state index is 0. The topological polar surface area (TPSA) is 438 Å². The number of nitrogens with zero attached hydrogens (tertiary/aromatic N) is 2. The molecule has 0 amide bonds. The van der Waals surface area contributed by atoms with Gasteiger partial charge in [-0.1, -0.05) is 129 Å². The van der Waals surface area contributed by atoms with Crippen LogP contribution in [-0.2, 0) is 64.3 Å². The molecule has 34 heteroatoms. The van der Waals surface area contributed by atoms with E-state index in [9.17, 15) is 74.4 Å². The molecule has 0 saturated carbocycles. The number of rotatable bonds is 35. The van der Waals surface area contributed by atoms with Gasteiger partial charge in [-0.25, -0.2) is 16.8 Å². The molecule has 0 bridgehead atoms. The molecule has 0 aliphatic heterocycles. The summed E-state index contributed by atoms with van der Waals surface area (Å²) < 4.78 is 130. The summed E-state index contributed by atoms with van der Waals surface area (Å²) in [5, 5.41) is 92.6. The number of hydrogen-bond acceptors (Lipinski definition) is 24. The second-order valence-corrected chi connectivity index (χ2v) is 34.1. The average Bonchev–Trinajstić information content (AvgIpc) is 0.745. The van der Waals surface area contributed by atoms with Crippen LogP contribution in [-0.4, -0.2) is 219 Å². The van der Waals surface area contributed by atoms with Gasteiger partial charge < -0.3 is 69.5 Å². The number of carbonyl (C=O) groups is 2. The largest absolute Gasteiger partial charge is 1.00 e. The van der Waals surface area contributed by atoms with Crippen LogP contribution in [0.25, 0.3) is 0 Å². The van der Waals surface area contributed by atoms with E-state index in [1.54, 1.807) is 116 Å². The first-order valence-corrected chi connectivity index (χ1v) is 39.7. The van der Waals surface area contributed by atoms with Crippen LogP contribution in [0.1, 0.15) is 83.8 Å². The first-order chi connectivity index (χ1) is 46.0. The molecule has 101 heavy (non-hydrogen) atoms. The molecule has 0 aliphatic rings. The fourth-order valence-electron chi connectivity index (χ4n) is 11.3. The number of benzene rings is 6. The van der Waals surface area contributed by atoms with Crippen molar-refractivity contribution in [2.24, 2.45) is 0 Å². The van der Waals surface area contributed by atoms with E-state index in [1.807, 2.05) is 32.9 Å². The molecule has 0 spiro atoms. The van der Waals surface area contributed by atoms with Gasteiger partial charge in [-0.3, -0.25) is 23.9 Å². The van der Waals surface area contributed by atoms with Crippen molar-refractivity contribution >= 4 is 100 Å². The van der Waals surface area contributed by atoms with E-state index >= 15 is 9.36 Å². The SMILES string of the molecule is C.Cc1c(CCl)c(C)c(C(=O)P(=O)(c2ccccc2)c2ccccc2)c(C)c1CCl.Cc1c(CN(CCS(=O)(=O)[O-])C(CO)(CO)CO)c(C)c(C(=O)P(=O)(c2ccccc2)c2ccccc2)c(C)c1CN(CCS(=O)(=O)[O-])C(CO)(CO)CO.O=S(=O)(O)CCNC(CO)(CO)CO.[K+].[K+]. The third kappa shape index (κ3) is 24.4. The fourth-order valence-corrected chi connectivity index (χ4v) is 18.5. The van der Waals surface area contributed by atoms with Gasteiger partial charge in [0.1, 0.15) is 0 Å². The Morgan fingerprint density at radius 3 is 0.901 bits per heavy atom. The molecule has 0 aromatic heterocycles. The monoisotopic (exact) mass is 1600 g/mol.